The summed E-state index contributed by atoms with van der Waals surface area (Å²) >= 11 is 0. The number of nitrogens with zero attached hydrogens (tertiary/aromatic N) is 1. The van der Waals surface area contributed by atoms with Crippen LogP contribution in [0.5, 0.6) is 5.75 Å². The zero-order valence-corrected chi connectivity index (χ0v) is 7.55. The highest BCUT2D eigenvalue weighted by Gasteiger charge is 2.05. The summed E-state index contributed by atoms with van der Waals surface area (Å²) in [5.74, 6) is 0.419. The van der Waals surface area contributed by atoms with Crippen molar-refractivity contribution in [2.75, 3.05) is 13.2 Å². The van der Waals surface area contributed by atoms with Gasteiger partial charge in [0.15, 0.2) is 0 Å². The normalized spacial score (nSPS) is 11.8. The van der Waals surface area contributed by atoms with Crippen LogP contribution in [0.25, 0.3) is 0 Å². The molecule has 0 bridgehead atoms. The molecule has 14 heavy (non-hydrogen) atoms. The second kappa shape index (κ2) is 5.22. The van der Waals surface area contributed by atoms with Gasteiger partial charge in [-0.3, -0.25) is 0 Å². The first-order valence-corrected chi connectivity index (χ1v) is 4.18. The average molecular weight is 193 g/mol. The fourth-order valence-corrected chi connectivity index (χ4v) is 0.924. The van der Waals surface area contributed by atoms with E-state index in [9.17, 15) is 0 Å². The molecule has 1 rings (SSSR count). The zero-order chi connectivity index (χ0) is 10.4. The minimum Gasteiger partial charge on any atom is -0.489 e. The largest absolute Gasteiger partial charge is 0.489 e. The summed E-state index contributed by atoms with van der Waals surface area (Å²) in [5.41, 5.74) is 0.414. The summed E-state index contributed by atoms with van der Waals surface area (Å²) < 4.78 is 5.15. The quantitative estimate of drug-likeness (QED) is 0.720. The van der Waals surface area contributed by atoms with Crippen molar-refractivity contribution in [3.05, 3.63) is 29.8 Å². The summed E-state index contributed by atoms with van der Waals surface area (Å²) in [6.07, 6.45) is -0.915. The topological polar surface area (TPSA) is 73.5 Å². The van der Waals surface area contributed by atoms with Crippen LogP contribution in [0.4, 0.5) is 0 Å². The van der Waals surface area contributed by atoms with E-state index >= 15 is 0 Å². The van der Waals surface area contributed by atoms with Crippen LogP contribution in [0.15, 0.2) is 24.3 Å². The fourth-order valence-electron chi connectivity index (χ4n) is 0.924. The molecule has 0 radical (unpaired) electrons. The molecule has 0 fully saturated rings. The molecule has 4 heteroatoms. The Morgan fingerprint density at radius 2 is 2.14 bits per heavy atom. The van der Waals surface area contributed by atoms with Gasteiger partial charge in [-0.05, 0) is 12.1 Å². The van der Waals surface area contributed by atoms with E-state index < -0.39 is 6.10 Å². The Kier molecular flexibility index (Phi) is 3.92. The van der Waals surface area contributed by atoms with Crippen LogP contribution in [0.3, 0.4) is 0 Å². The van der Waals surface area contributed by atoms with Crippen molar-refractivity contribution in [1.82, 2.24) is 0 Å². The Morgan fingerprint density at radius 1 is 1.43 bits per heavy atom. The maximum Gasteiger partial charge on any atom is 0.137 e. The van der Waals surface area contributed by atoms with Crippen molar-refractivity contribution < 1.29 is 14.9 Å². The number of hydrogen-bond donors (Lipinski definition) is 2. The highest BCUT2D eigenvalue weighted by atomic mass is 16.5. The Bertz CT molecular complexity index is 332. The molecule has 0 saturated heterocycles. The summed E-state index contributed by atoms with van der Waals surface area (Å²) in [4.78, 5) is 0. The molecule has 1 aromatic rings. The molecule has 0 heterocycles. The van der Waals surface area contributed by atoms with E-state index in [1.54, 1.807) is 24.3 Å². The van der Waals surface area contributed by atoms with Gasteiger partial charge in [0, 0.05) is 0 Å². The van der Waals surface area contributed by atoms with E-state index in [1.165, 1.54) is 0 Å². The minimum absolute atomic E-state index is 0.0187. The summed E-state index contributed by atoms with van der Waals surface area (Å²) in [5, 5.41) is 26.3. The lowest BCUT2D eigenvalue weighted by molar-refractivity contribution is 0.0535. The molecular formula is C10H11NO3. The maximum absolute atomic E-state index is 9.02. The molecule has 0 aliphatic carbocycles. The van der Waals surface area contributed by atoms with Crippen LogP contribution in [0.1, 0.15) is 5.56 Å². The number of rotatable bonds is 4. The molecule has 1 atom stereocenters. The lowest BCUT2D eigenvalue weighted by Gasteiger charge is -2.10. The van der Waals surface area contributed by atoms with Gasteiger partial charge in [-0.2, -0.15) is 5.26 Å². The highest BCUT2D eigenvalue weighted by molar-refractivity contribution is 5.42. The Hall–Kier alpha value is -1.57. The molecule has 0 aliphatic heterocycles. The molecule has 4 nitrogen and oxygen atoms in total. The number of hydrogen-bond acceptors (Lipinski definition) is 4. The van der Waals surface area contributed by atoms with Crippen molar-refractivity contribution in [3.63, 3.8) is 0 Å². The van der Waals surface area contributed by atoms with Crippen molar-refractivity contribution in [2.45, 2.75) is 6.10 Å². The van der Waals surface area contributed by atoms with Crippen molar-refractivity contribution in [2.24, 2.45) is 0 Å². The Morgan fingerprint density at radius 3 is 2.79 bits per heavy atom. The molecule has 0 aliphatic rings. The van der Waals surface area contributed by atoms with Crippen LogP contribution in [0, 0.1) is 11.3 Å². The molecule has 2 N–H and O–H groups in total. The van der Waals surface area contributed by atoms with Crippen LogP contribution in [-0.4, -0.2) is 29.5 Å². The first-order valence-electron chi connectivity index (χ1n) is 4.18. The van der Waals surface area contributed by atoms with Gasteiger partial charge in [-0.15, -0.1) is 0 Å². The second-order valence-corrected chi connectivity index (χ2v) is 2.76. The molecule has 0 saturated carbocycles. The van der Waals surface area contributed by atoms with Crippen LogP contribution in [0.2, 0.25) is 0 Å². The number of nitriles is 1. The van der Waals surface area contributed by atoms with Gasteiger partial charge in [-0.25, -0.2) is 0 Å². The van der Waals surface area contributed by atoms with E-state index in [0.29, 0.717) is 11.3 Å². The smallest absolute Gasteiger partial charge is 0.137 e. The number of para-hydroxylation sites is 1. The van der Waals surface area contributed by atoms with Crippen molar-refractivity contribution in [3.8, 4) is 11.8 Å². The van der Waals surface area contributed by atoms with E-state index in [2.05, 4.69) is 0 Å². The SMILES string of the molecule is N#Cc1ccccc1OC[C@@H](O)CO. The van der Waals surface area contributed by atoms with Crippen LogP contribution >= 0.6 is 0 Å². The summed E-state index contributed by atoms with van der Waals surface area (Å²) in [6.45, 7) is -0.371. The van der Waals surface area contributed by atoms with Gasteiger partial charge in [-0.1, -0.05) is 12.1 Å². The monoisotopic (exact) mass is 193 g/mol. The van der Waals surface area contributed by atoms with Gasteiger partial charge in [0.25, 0.3) is 0 Å². The molecule has 0 unspecified atom stereocenters. The first-order chi connectivity index (χ1) is 6.77. The van der Waals surface area contributed by atoms with Crippen molar-refractivity contribution in [1.29, 1.82) is 5.26 Å². The summed E-state index contributed by atoms with van der Waals surface area (Å²) in [6, 6.07) is 8.70. The number of benzene rings is 1. The zero-order valence-electron chi connectivity index (χ0n) is 7.55. The average Bonchev–Trinajstić information content (AvgIpc) is 2.26. The second-order valence-electron chi connectivity index (χ2n) is 2.76. The van der Waals surface area contributed by atoms with Gasteiger partial charge < -0.3 is 14.9 Å². The van der Waals surface area contributed by atoms with Gasteiger partial charge in [0.05, 0.1) is 12.2 Å². The third-order valence-corrected chi connectivity index (χ3v) is 1.65. The summed E-state index contributed by atoms with van der Waals surface area (Å²) in [7, 11) is 0. The highest BCUT2D eigenvalue weighted by Crippen LogP contribution is 2.16. The lowest BCUT2D eigenvalue weighted by Crippen LogP contribution is -2.21. The molecule has 0 aromatic heterocycles. The number of aliphatic hydroxyl groups excluding tert-OH is 2. The number of aliphatic hydroxyl groups is 2. The van der Waals surface area contributed by atoms with E-state index in [1.807, 2.05) is 6.07 Å². The van der Waals surface area contributed by atoms with E-state index in [0.717, 1.165) is 0 Å². The molecule has 1 aromatic carbocycles. The Balaban J connectivity index is 2.63. The predicted molar refractivity (Wildman–Crippen MR) is 49.7 cm³/mol. The fraction of sp³-hybridized carbons (Fsp3) is 0.300. The van der Waals surface area contributed by atoms with Crippen molar-refractivity contribution >= 4 is 0 Å². The molecule has 0 amide bonds. The van der Waals surface area contributed by atoms with E-state index in [4.69, 9.17) is 20.2 Å². The third-order valence-electron chi connectivity index (χ3n) is 1.65. The molecule has 74 valence electrons. The predicted octanol–water partition coefficient (Wildman–Crippen LogP) is 0.290. The van der Waals surface area contributed by atoms with Crippen LogP contribution < -0.4 is 4.74 Å². The van der Waals surface area contributed by atoms with E-state index in [-0.39, 0.29) is 13.2 Å². The molecular weight excluding hydrogens is 182 g/mol. The third kappa shape index (κ3) is 2.73. The number of ether oxygens (including phenoxy) is 1. The maximum atomic E-state index is 9.02. The van der Waals surface area contributed by atoms with Gasteiger partial charge in [0.1, 0.15) is 24.5 Å². The van der Waals surface area contributed by atoms with Crippen LogP contribution in [-0.2, 0) is 0 Å². The van der Waals surface area contributed by atoms with Gasteiger partial charge in [0.2, 0.25) is 0 Å². The molecule has 0 spiro atoms. The lowest BCUT2D eigenvalue weighted by atomic mass is 10.2. The standard InChI is InChI=1S/C10H11NO3/c11-5-8-3-1-2-4-10(8)14-7-9(13)6-12/h1-4,9,12-13H,6-7H2/t9-/m0/s1. The Labute approximate surface area is 82.0 Å². The first kappa shape index (κ1) is 10.5. The minimum atomic E-state index is -0.915. The van der Waals surface area contributed by atoms with Gasteiger partial charge >= 0.3 is 0 Å².